The topological polar surface area (TPSA) is 79.5 Å². The third-order valence-electron chi connectivity index (χ3n) is 3.94. The van der Waals surface area contributed by atoms with Crippen LogP contribution >= 0.6 is 0 Å². The van der Waals surface area contributed by atoms with Crippen LogP contribution in [0.4, 0.5) is 4.79 Å². The van der Waals surface area contributed by atoms with Gasteiger partial charge in [0.2, 0.25) is 0 Å². The number of rotatable bonds is 2. The van der Waals surface area contributed by atoms with Crippen LogP contribution in [0.5, 0.6) is 0 Å². The summed E-state index contributed by atoms with van der Waals surface area (Å²) in [5.74, 6) is -0.0918. The van der Waals surface area contributed by atoms with Gasteiger partial charge in [0.1, 0.15) is 17.1 Å². The van der Waals surface area contributed by atoms with Gasteiger partial charge in [-0.1, -0.05) is 6.07 Å². The van der Waals surface area contributed by atoms with Gasteiger partial charge in [-0.3, -0.25) is 9.69 Å². The molecule has 1 unspecified atom stereocenters. The fourth-order valence-corrected chi connectivity index (χ4v) is 2.94. The SMILES string of the molecule is O=C1C2CCCN2C(=O)N1Cc1ccc2nonc2c1. The molecule has 2 aliphatic rings. The number of imide groups is 1. The number of nitrogens with zero attached hydrogens (tertiary/aromatic N) is 4. The molecule has 0 bridgehead atoms. The van der Waals surface area contributed by atoms with Gasteiger partial charge in [0, 0.05) is 6.54 Å². The summed E-state index contributed by atoms with van der Waals surface area (Å²) >= 11 is 0. The van der Waals surface area contributed by atoms with Gasteiger partial charge in [-0.05, 0) is 40.9 Å². The molecule has 3 amide bonds. The summed E-state index contributed by atoms with van der Waals surface area (Å²) in [7, 11) is 0. The van der Waals surface area contributed by atoms with Crippen molar-refractivity contribution in [3.63, 3.8) is 0 Å². The van der Waals surface area contributed by atoms with Crippen molar-refractivity contribution in [2.24, 2.45) is 0 Å². The Morgan fingerprint density at radius 1 is 1.25 bits per heavy atom. The van der Waals surface area contributed by atoms with Crippen molar-refractivity contribution in [1.29, 1.82) is 0 Å². The number of aromatic nitrogens is 2. The van der Waals surface area contributed by atoms with Gasteiger partial charge >= 0.3 is 6.03 Å². The Bertz CT molecular complexity index is 688. The average molecular weight is 272 g/mol. The van der Waals surface area contributed by atoms with E-state index < -0.39 is 0 Å². The normalized spacial score (nSPS) is 22.1. The van der Waals surface area contributed by atoms with Gasteiger partial charge in [-0.2, -0.15) is 0 Å². The summed E-state index contributed by atoms with van der Waals surface area (Å²) in [6, 6.07) is 4.95. The van der Waals surface area contributed by atoms with Gasteiger partial charge in [0.25, 0.3) is 5.91 Å². The molecule has 2 saturated heterocycles. The van der Waals surface area contributed by atoms with Gasteiger partial charge in [0.15, 0.2) is 0 Å². The molecule has 0 N–H and O–H groups in total. The van der Waals surface area contributed by atoms with Crippen molar-refractivity contribution in [3.05, 3.63) is 23.8 Å². The lowest BCUT2D eigenvalue weighted by Gasteiger charge is -2.15. The lowest BCUT2D eigenvalue weighted by molar-refractivity contribution is -0.128. The average Bonchev–Trinajstić information content (AvgIpc) is 3.14. The maximum atomic E-state index is 12.2. The predicted molar refractivity (Wildman–Crippen MR) is 67.5 cm³/mol. The molecule has 102 valence electrons. The van der Waals surface area contributed by atoms with Gasteiger partial charge in [-0.15, -0.1) is 0 Å². The minimum absolute atomic E-state index is 0.0918. The van der Waals surface area contributed by atoms with Crippen LogP contribution in [0.15, 0.2) is 22.8 Å². The third-order valence-corrected chi connectivity index (χ3v) is 3.94. The van der Waals surface area contributed by atoms with Crippen LogP contribution in [0.25, 0.3) is 11.0 Å². The fraction of sp³-hybridized carbons (Fsp3) is 0.385. The van der Waals surface area contributed by atoms with Crippen LogP contribution in [0.1, 0.15) is 18.4 Å². The Labute approximate surface area is 114 Å². The Morgan fingerprint density at radius 2 is 2.10 bits per heavy atom. The number of urea groups is 1. The molecule has 7 heteroatoms. The number of carbonyl (C=O) groups excluding carboxylic acids is 2. The van der Waals surface area contributed by atoms with E-state index in [9.17, 15) is 9.59 Å². The second-order valence-corrected chi connectivity index (χ2v) is 5.15. The molecule has 2 aromatic rings. The largest absolute Gasteiger partial charge is 0.327 e. The molecule has 0 radical (unpaired) electrons. The van der Waals surface area contributed by atoms with E-state index >= 15 is 0 Å². The minimum atomic E-state index is -0.250. The van der Waals surface area contributed by atoms with Crippen molar-refractivity contribution in [2.75, 3.05) is 6.54 Å². The number of hydrogen-bond donors (Lipinski definition) is 0. The molecule has 0 spiro atoms. The van der Waals surface area contributed by atoms with E-state index in [4.69, 9.17) is 0 Å². The summed E-state index contributed by atoms with van der Waals surface area (Å²) in [5.41, 5.74) is 2.13. The highest BCUT2D eigenvalue weighted by Crippen LogP contribution is 2.28. The van der Waals surface area contributed by atoms with Crippen molar-refractivity contribution in [1.82, 2.24) is 20.1 Å². The zero-order chi connectivity index (χ0) is 13.7. The molecule has 0 saturated carbocycles. The highest BCUT2D eigenvalue weighted by atomic mass is 16.6. The van der Waals surface area contributed by atoms with Crippen LogP contribution in [0, 0.1) is 0 Å². The van der Waals surface area contributed by atoms with E-state index in [2.05, 4.69) is 14.9 Å². The van der Waals surface area contributed by atoms with E-state index in [-0.39, 0.29) is 24.5 Å². The Kier molecular flexibility index (Phi) is 2.29. The fourth-order valence-electron chi connectivity index (χ4n) is 2.94. The zero-order valence-corrected chi connectivity index (χ0v) is 10.7. The van der Waals surface area contributed by atoms with E-state index in [1.165, 1.54) is 4.90 Å². The molecule has 7 nitrogen and oxygen atoms in total. The maximum absolute atomic E-state index is 12.2. The summed E-state index contributed by atoms with van der Waals surface area (Å²) in [6.07, 6.45) is 1.68. The van der Waals surface area contributed by atoms with Crippen LogP contribution in [0.2, 0.25) is 0 Å². The number of fused-ring (bicyclic) bond motifs is 2. The first-order valence-corrected chi connectivity index (χ1v) is 6.57. The molecule has 20 heavy (non-hydrogen) atoms. The predicted octanol–water partition coefficient (Wildman–Crippen LogP) is 1.15. The van der Waals surface area contributed by atoms with Crippen molar-refractivity contribution in [3.8, 4) is 0 Å². The van der Waals surface area contributed by atoms with Crippen LogP contribution in [-0.4, -0.2) is 44.6 Å². The minimum Gasteiger partial charge on any atom is -0.312 e. The van der Waals surface area contributed by atoms with E-state index in [0.717, 1.165) is 18.4 Å². The summed E-state index contributed by atoms with van der Waals surface area (Å²) in [4.78, 5) is 27.4. The Balaban J connectivity index is 1.62. The van der Waals surface area contributed by atoms with Crippen molar-refractivity contribution >= 4 is 23.0 Å². The smallest absolute Gasteiger partial charge is 0.312 e. The lowest BCUT2D eigenvalue weighted by atomic mass is 10.1. The molecular weight excluding hydrogens is 260 g/mol. The molecule has 3 heterocycles. The molecule has 0 aliphatic carbocycles. The summed E-state index contributed by atoms with van der Waals surface area (Å²) in [6.45, 7) is 0.950. The monoisotopic (exact) mass is 272 g/mol. The second kappa shape index (κ2) is 4.03. The molecule has 1 aromatic heterocycles. The number of carbonyl (C=O) groups is 2. The van der Waals surface area contributed by atoms with Crippen LogP contribution in [0.3, 0.4) is 0 Å². The highest BCUT2D eigenvalue weighted by Gasteiger charge is 2.47. The summed E-state index contributed by atoms with van der Waals surface area (Å²) < 4.78 is 4.64. The molecule has 4 rings (SSSR count). The van der Waals surface area contributed by atoms with E-state index in [1.807, 2.05) is 6.07 Å². The van der Waals surface area contributed by atoms with Crippen molar-refractivity contribution < 1.29 is 14.2 Å². The first kappa shape index (κ1) is 11.4. The first-order chi connectivity index (χ1) is 9.74. The highest BCUT2D eigenvalue weighted by molar-refractivity contribution is 6.04. The van der Waals surface area contributed by atoms with E-state index in [1.54, 1.807) is 17.0 Å². The zero-order valence-electron chi connectivity index (χ0n) is 10.7. The Hall–Kier alpha value is -2.44. The van der Waals surface area contributed by atoms with Gasteiger partial charge in [0.05, 0.1) is 6.54 Å². The molecule has 1 atom stereocenters. The lowest BCUT2D eigenvalue weighted by Crippen LogP contribution is -2.32. The summed E-state index contributed by atoms with van der Waals surface area (Å²) in [5, 5.41) is 7.49. The first-order valence-electron chi connectivity index (χ1n) is 6.57. The number of benzene rings is 1. The van der Waals surface area contributed by atoms with Crippen molar-refractivity contribution in [2.45, 2.75) is 25.4 Å². The van der Waals surface area contributed by atoms with Gasteiger partial charge in [-0.25, -0.2) is 9.42 Å². The molecular formula is C13H12N4O3. The number of amides is 3. The molecule has 2 fully saturated rings. The Morgan fingerprint density at radius 3 is 2.95 bits per heavy atom. The third kappa shape index (κ3) is 1.52. The molecule has 2 aliphatic heterocycles. The second-order valence-electron chi connectivity index (χ2n) is 5.15. The van der Waals surface area contributed by atoms with Crippen LogP contribution in [-0.2, 0) is 11.3 Å². The maximum Gasteiger partial charge on any atom is 0.327 e. The van der Waals surface area contributed by atoms with Gasteiger partial charge < -0.3 is 4.90 Å². The van der Waals surface area contributed by atoms with Crippen LogP contribution < -0.4 is 0 Å². The van der Waals surface area contributed by atoms with E-state index in [0.29, 0.717) is 17.6 Å². The quantitative estimate of drug-likeness (QED) is 0.766. The standard InChI is InChI=1S/C13H12N4O3/c18-12-11-2-1-5-16(11)13(19)17(12)7-8-3-4-9-10(6-8)15-20-14-9/h3-4,6,11H,1-2,5,7H2. The molecule has 1 aromatic carbocycles. The number of hydrogen-bond acceptors (Lipinski definition) is 5.